The zero-order valence-electron chi connectivity index (χ0n) is 11.3. The van der Waals surface area contributed by atoms with Gasteiger partial charge in [0.1, 0.15) is 0 Å². The number of benzene rings is 1. The molecular weight excluding hydrogens is 280 g/mol. The van der Waals surface area contributed by atoms with E-state index in [-0.39, 0.29) is 10.8 Å². The molecule has 0 fully saturated rings. The Morgan fingerprint density at radius 1 is 1.35 bits per heavy atom. The minimum atomic E-state index is -0.482. The summed E-state index contributed by atoms with van der Waals surface area (Å²) in [6.45, 7) is 1.20. The number of hydrogen-bond acceptors (Lipinski definition) is 4. The Hall–Kier alpha value is -1.92. The molecule has 106 valence electrons. The second-order valence-electron chi connectivity index (χ2n) is 4.64. The van der Waals surface area contributed by atoms with Crippen LogP contribution in [0.15, 0.2) is 30.3 Å². The van der Waals surface area contributed by atoms with Gasteiger partial charge in [0.2, 0.25) is 5.15 Å². The lowest BCUT2D eigenvalue weighted by molar-refractivity contribution is -0.384. The molecule has 0 atom stereocenters. The highest BCUT2D eigenvalue weighted by Crippen LogP contribution is 2.35. The molecule has 20 heavy (non-hydrogen) atoms. The van der Waals surface area contributed by atoms with Gasteiger partial charge in [-0.25, -0.2) is 4.68 Å². The summed E-state index contributed by atoms with van der Waals surface area (Å²) in [5.41, 5.74) is 0.848. The molecule has 2 aromatic rings. The van der Waals surface area contributed by atoms with Gasteiger partial charge in [0.15, 0.2) is 5.69 Å². The van der Waals surface area contributed by atoms with Crippen molar-refractivity contribution in [2.24, 2.45) is 0 Å². The van der Waals surface area contributed by atoms with Crippen LogP contribution in [0.2, 0.25) is 5.15 Å². The summed E-state index contributed by atoms with van der Waals surface area (Å²) >= 11 is 6.10. The molecule has 0 unspecified atom stereocenters. The summed E-state index contributed by atoms with van der Waals surface area (Å²) in [4.78, 5) is 12.7. The van der Waals surface area contributed by atoms with Crippen molar-refractivity contribution in [2.75, 3.05) is 20.6 Å². The van der Waals surface area contributed by atoms with Crippen molar-refractivity contribution in [3.05, 3.63) is 45.6 Å². The third-order valence-corrected chi connectivity index (χ3v) is 3.23. The Bertz CT molecular complexity index is 610. The second kappa shape index (κ2) is 6.02. The van der Waals surface area contributed by atoms with Crippen LogP contribution in [-0.2, 0) is 6.54 Å². The topological polar surface area (TPSA) is 64.2 Å². The van der Waals surface area contributed by atoms with Crippen LogP contribution in [0.3, 0.4) is 0 Å². The molecule has 6 nitrogen and oxygen atoms in total. The average Bonchev–Trinajstić information content (AvgIpc) is 2.74. The number of aromatic nitrogens is 2. The van der Waals surface area contributed by atoms with E-state index >= 15 is 0 Å². The van der Waals surface area contributed by atoms with Crippen LogP contribution < -0.4 is 0 Å². The van der Waals surface area contributed by atoms with Gasteiger partial charge >= 0.3 is 5.69 Å². The number of halogens is 1. The van der Waals surface area contributed by atoms with E-state index in [4.69, 9.17) is 11.6 Å². The smallest absolute Gasteiger partial charge is 0.308 e. The molecular formula is C13H15ClN4O2. The quantitative estimate of drug-likeness (QED) is 0.628. The number of hydrogen-bond donors (Lipinski definition) is 0. The van der Waals surface area contributed by atoms with Gasteiger partial charge in [-0.1, -0.05) is 41.9 Å². The maximum absolute atomic E-state index is 11.2. The van der Waals surface area contributed by atoms with E-state index < -0.39 is 4.92 Å². The van der Waals surface area contributed by atoms with Gasteiger partial charge < -0.3 is 4.90 Å². The molecule has 0 amide bonds. The molecule has 0 bridgehead atoms. The molecule has 0 saturated heterocycles. The average molecular weight is 295 g/mol. The van der Waals surface area contributed by atoms with E-state index in [2.05, 4.69) is 5.10 Å². The van der Waals surface area contributed by atoms with Crippen LogP contribution in [0.25, 0.3) is 11.3 Å². The van der Waals surface area contributed by atoms with Crippen LogP contribution in [0, 0.1) is 10.1 Å². The molecule has 7 heteroatoms. The monoisotopic (exact) mass is 294 g/mol. The number of nitro groups is 1. The van der Waals surface area contributed by atoms with Gasteiger partial charge in [0.25, 0.3) is 0 Å². The van der Waals surface area contributed by atoms with E-state index in [0.717, 1.165) is 0 Å². The minimum absolute atomic E-state index is 0.0655. The van der Waals surface area contributed by atoms with Crippen molar-refractivity contribution >= 4 is 17.3 Å². The Morgan fingerprint density at radius 2 is 2.00 bits per heavy atom. The maximum Gasteiger partial charge on any atom is 0.333 e. The lowest BCUT2D eigenvalue weighted by atomic mass is 10.1. The number of likely N-dealkylation sites (N-methyl/N-ethyl adjacent to an activating group) is 1. The fraction of sp³-hybridized carbons (Fsp3) is 0.308. The molecule has 1 aromatic carbocycles. The van der Waals surface area contributed by atoms with Gasteiger partial charge in [-0.3, -0.25) is 10.1 Å². The number of rotatable bonds is 5. The van der Waals surface area contributed by atoms with Crippen LogP contribution >= 0.6 is 11.6 Å². The maximum atomic E-state index is 11.2. The molecule has 2 rings (SSSR count). The van der Waals surface area contributed by atoms with Crippen molar-refractivity contribution in [1.29, 1.82) is 0 Å². The van der Waals surface area contributed by atoms with E-state index in [0.29, 0.717) is 24.3 Å². The summed E-state index contributed by atoms with van der Waals surface area (Å²) in [6, 6.07) is 9.03. The molecule has 0 spiro atoms. The van der Waals surface area contributed by atoms with Crippen molar-refractivity contribution < 1.29 is 4.92 Å². The largest absolute Gasteiger partial charge is 0.333 e. The highest BCUT2D eigenvalue weighted by Gasteiger charge is 2.27. The van der Waals surface area contributed by atoms with Crippen LogP contribution in [0.5, 0.6) is 0 Å². The van der Waals surface area contributed by atoms with Crippen molar-refractivity contribution in [2.45, 2.75) is 6.54 Å². The molecule has 0 aliphatic heterocycles. The molecule has 0 saturated carbocycles. The van der Waals surface area contributed by atoms with Crippen molar-refractivity contribution in [3.63, 3.8) is 0 Å². The first kappa shape index (κ1) is 14.5. The Morgan fingerprint density at radius 3 is 2.55 bits per heavy atom. The summed E-state index contributed by atoms with van der Waals surface area (Å²) in [7, 11) is 3.84. The highest BCUT2D eigenvalue weighted by atomic mass is 35.5. The lowest BCUT2D eigenvalue weighted by Crippen LogP contribution is -2.19. The van der Waals surface area contributed by atoms with Gasteiger partial charge in [0.05, 0.1) is 11.5 Å². The summed E-state index contributed by atoms with van der Waals surface area (Å²) in [5, 5.41) is 15.6. The Balaban J connectivity index is 2.46. The summed E-state index contributed by atoms with van der Waals surface area (Å²) in [5.74, 6) is 0. The Labute approximate surface area is 121 Å². The van der Waals surface area contributed by atoms with Crippen LogP contribution in [-0.4, -0.2) is 40.2 Å². The zero-order chi connectivity index (χ0) is 14.7. The van der Waals surface area contributed by atoms with Crippen molar-refractivity contribution in [3.8, 4) is 11.3 Å². The molecule has 0 aliphatic rings. The molecule has 1 aromatic heterocycles. The molecule has 0 radical (unpaired) electrons. The van der Waals surface area contributed by atoms with Gasteiger partial charge in [-0.15, -0.1) is 0 Å². The van der Waals surface area contributed by atoms with Crippen molar-refractivity contribution in [1.82, 2.24) is 14.7 Å². The van der Waals surface area contributed by atoms with Gasteiger partial charge in [-0.05, 0) is 14.1 Å². The van der Waals surface area contributed by atoms with E-state index in [1.54, 1.807) is 12.1 Å². The first-order valence-electron chi connectivity index (χ1n) is 6.11. The van der Waals surface area contributed by atoms with Gasteiger partial charge in [0, 0.05) is 12.1 Å². The fourth-order valence-electron chi connectivity index (χ4n) is 1.83. The first-order chi connectivity index (χ1) is 9.50. The normalized spacial score (nSPS) is 11.0. The van der Waals surface area contributed by atoms with E-state index in [9.17, 15) is 10.1 Å². The highest BCUT2D eigenvalue weighted by molar-refractivity contribution is 6.32. The summed E-state index contributed by atoms with van der Waals surface area (Å²) < 4.78 is 1.47. The standard InChI is InChI=1S/C13H15ClN4O2/c1-16(2)8-9-17-13(14)12(18(19)20)11(15-17)10-6-4-3-5-7-10/h3-7H,8-9H2,1-2H3. The molecule has 1 heterocycles. The molecule has 0 N–H and O–H groups in total. The summed E-state index contributed by atoms with van der Waals surface area (Å²) in [6.07, 6.45) is 0. The molecule has 0 aliphatic carbocycles. The second-order valence-corrected chi connectivity index (χ2v) is 5.00. The third kappa shape index (κ3) is 2.97. The fourth-order valence-corrected chi connectivity index (χ4v) is 2.11. The first-order valence-corrected chi connectivity index (χ1v) is 6.49. The zero-order valence-corrected chi connectivity index (χ0v) is 12.0. The van der Waals surface area contributed by atoms with Crippen LogP contribution in [0.4, 0.5) is 5.69 Å². The van der Waals surface area contributed by atoms with E-state index in [1.165, 1.54) is 4.68 Å². The SMILES string of the molecule is CN(C)CCn1nc(-c2ccccc2)c([N+](=O)[O-])c1Cl. The lowest BCUT2D eigenvalue weighted by Gasteiger charge is -2.09. The van der Waals surface area contributed by atoms with Gasteiger partial charge in [-0.2, -0.15) is 5.10 Å². The van der Waals surface area contributed by atoms with E-state index in [1.807, 2.05) is 37.2 Å². The predicted molar refractivity (Wildman–Crippen MR) is 77.9 cm³/mol. The Kier molecular flexibility index (Phi) is 4.36. The van der Waals surface area contributed by atoms with Crippen LogP contribution in [0.1, 0.15) is 0 Å². The third-order valence-electron chi connectivity index (χ3n) is 2.86. The minimum Gasteiger partial charge on any atom is -0.308 e. The predicted octanol–water partition coefficient (Wildman–Crippen LogP) is 2.67. The number of nitrogens with zero attached hydrogens (tertiary/aromatic N) is 4.